The van der Waals surface area contributed by atoms with E-state index in [4.69, 9.17) is 10.5 Å². The highest BCUT2D eigenvalue weighted by molar-refractivity contribution is 8.01. The molecule has 0 bridgehead atoms. The highest BCUT2D eigenvalue weighted by Crippen LogP contribution is 2.23. The lowest BCUT2D eigenvalue weighted by molar-refractivity contribution is -0.113. The largest absolute Gasteiger partial charge is 0.379 e. The maximum absolute atomic E-state index is 12.0. The summed E-state index contributed by atoms with van der Waals surface area (Å²) in [6.45, 7) is 4.43. The number of nitrogens with zero attached hydrogens (tertiary/aromatic N) is 3. The number of morpholine rings is 1. The summed E-state index contributed by atoms with van der Waals surface area (Å²) >= 11 is 2.61. The fraction of sp³-hybridized carbons (Fsp3) is 0.400. The van der Waals surface area contributed by atoms with Gasteiger partial charge in [0.05, 0.1) is 19.0 Å². The number of benzene rings is 1. The number of nitrogens with one attached hydrogen (secondary N) is 1. The molecule has 2 heterocycles. The normalized spacial score (nSPS) is 15.3. The highest BCUT2D eigenvalue weighted by Gasteiger charge is 2.11. The molecule has 0 saturated carbocycles. The molecule has 0 aliphatic carbocycles. The first kappa shape index (κ1) is 17.2. The number of nitrogen functional groups attached to an aromatic ring is 1. The predicted octanol–water partition coefficient (Wildman–Crippen LogP) is 1.68. The van der Waals surface area contributed by atoms with Gasteiger partial charge in [0.25, 0.3) is 0 Å². The Balaban J connectivity index is 1.45. The lowest BCUT2D eigenvalue weighted by Gasteiger charge is -2.26. The number of aromatic nitrogens is 2. The van der Waals surface area contributed by atoms with Gasteiger partial charge in [0.2, 0.25) is 11.0 Å². The molecule has 7 nitrogen and oxygen atoms in total. The molecule has 1 aromatic carbocycles. The van der Waals surface area contributed by atoms with Crippen LogP contribution in [0.4, 0.5) is 10.8 Å². The van der Waals surface area contributed by atoms with Crippen LogP contribution in [-0.4, -0.2) is 53.1 Å². The second-order valence-corrected chi connectivity index (χ2v) is 7.56. The molecule has 0 unspecified atom stereocenters. The third kappa shape index (κ3) is 5.17. The van der Waals surface area contributed by atoms with E-state index in [1.165, 1.54) is 28.7 Å². The van der Waals surface area contributed by atoms with E-state index in [0.717, 1.165) is 38.5 Å². The molecule has 1 aliphatic rings. The van der Waals surface area contributed by atoms with Crippen LogP contribution in [-0.2, 0) is 16.1 Å². The summed E-state index contributed by atoms with van der Waals surface area (Å²) in [5.74, 6) is 0.208. The summed E-state index contributed by atoms with van der Waals surface area (Å²) in [6, 6.07) is 7.95. The lowest BCUT2D eigenvalue weighted by Crippen LogP contribution is -2.35. The Morgan fingerprint density at radius 3 is 2.71 bits per heavy atom. The van der Waals surface area contributed by atoms with Gasteiger partial charge in [0.1, 0.15) is 0 Å². The summed E-state index contributed by atoms with van der Waals surface area (Å²) < 4.78 is 6.05. The predicted molar refractivity (Wildman–Crippen MR) is 96.2 cm³/mol. The van der Waals surface area contributed by atoms with Gasteiger partial charge in [0.15, 0.2) is 4.34 Å². The molecule has 0 spiro atoms. The van der Waals surface area contributed by atoms with Crippen LogP contribution in [0.2, 0.25) is 0 Å². The fourth-order valence-electron chi connectivity index (χ4n) is 2.31. The Morgan fingerprint density at radius 1 is 1.29 bits per heavy atom. The third-order valence-corrected chi connectivity index (χ3v) is 5.38. The second-order valence-electron chi connectivity index (χ2n) is 5.33. The molecule has 24 heavy (non-hydrogen) atoms. The van der Waals surface area contributed by atoms with Crippen molar-refractivity contribution in [3.63, 3.8) is 0 Å². The van der Waals surface area contributed by atoms with Gasteiger partial charge in [0, 0.05) is 25.3 Å². The molecule has 128 valence electrons. The monoisotopic (exact) mass is 365 g/mol. The van der Waals surface area contributed by atoms with Gasteiger partial charge in [-0.2, -0.15) is 0 Å². The van der Waals surface area contributed by atoms with Gasteiger partial charge in [-0.25, -0.2) is 0 Å². The van der Waals surface area contributed by atoms with Crippen LogP contribution in [0.25, 0.3) is 0 Å². The summed E-state index contributed by atoms with van der Waals surface area (Å²) in [6.07, 6.45) is 0. The van der Waals surface area contributed by atoms with Crippen molar-refractivity contribution in [1.82, 2.24) is 15.1 Å². The molecular weight excluding hydrogens is 346 g/mol. The van der Waals surface area contributed by atoms with Crippen molar-refractivity contribution in [2.75, 3.05) is 43.1 Å². The summed E-state index contributed by atoms with van der Waals surface area (Å²) in [7, 11) is 0. The smallest absolute Gasteiger partial charge is 0.234 e. The van der Waals surface area contributed by atoms with Crippen LogP contribution in [0.15, 0.2) is 28.6 Å². The number of rotatable bonds is 6. The van der Waals surface area contributed by atoms with Crippen molar-refractivity contribution in [3.8, 4) is 0 Å². The van der Waals surface area contributed by atoms with Crippen molar-refractivity contribution in [1.29, 1.82) is 0 Å². The molecule has 3 N–H and O–H groups in total. The standard InChI is InChI=1S/C15H19N5O2S2/c16-14-18-19-15(24-14)23-10-13(21)17-12-3-1-11(2-4-12)9-20-5-7-22-8-6-20/h1-4H,5-10H2,(H2,16,18)(H,17,21). The van der Waals surface area contributed by atoms with Crippen LogP contribution in [0.3, 0.4) is 0 Å². The van der Waals surface area contributed by atoms with Crippen LogP contribution >= 0.6 is 23.1 Å². The van der Waals surface area contributed by atoms with E-state index in [-0.39, 0.29) is 11.7 Å². The van der Waals surface area contributed by atoms with Crippen molar-refractivity contribution < 1.29 is 9.53 Å². The number of carbonyl (C=O) groups excluding carboxylic acids is 1. The van der Waals surface area contributed by atoms with Crippen LogP contribution in [0.5, 0.6) is 0 Å². The number of anilines is 2. The molecule has 1 fully saturated rings. The molecular formula is C15H19N5O2S2. The maximum atomic E-state index is 12.0. The van der Waals surface area contributed by atoms with Crippen molar-refractivity contribution in [2.24, 2.45) is 0 Å². The first-order chi connectivity index (χ1) is 11.7. The molecule has 1 aliphatic heterocycles. The molecule has 1 amide bonds. The minimum atomic E-state index is -0.0744. The van der Waals surface area contributed by atoms with Gasteiger partial charge in [-0.15, -0.1) is 10.2 Å². The lowest BCUT2D eigenvalue weighted by atomic mass is 10.2. The Kier molecular flexibility index (Phi) is 6.02. The minimum absolute atomic E-state index is 0.0744. The zero-order chi connectivity index (χ0) is 16.8. The van der Waals surface area contributed by atoms with Crippen molar-refractivity contribution in [3.05, 3.63) is 29.8 Å². The maximum Gasteiger partial charge on any atom is 0.234 e. The van der Waals surface area contributed by atoms with E-state index in [1.54, 1.807) is 0 Å². The fourth-order valence-corrected chi connectivity index (χ4v) is 3.75. The summed E-state index contributed by atoms with van der Waals surface area (Å²) in [5, 5.41) is 10.9. The highest BCUT2D eigenvalue weighted by atomic mass is 32.2. The van der Waals surface area contributed by atoms with E-state index < -0.39 is 0 Å². The minimum Gasteiger partial charge on any atom is -0.379 e. The van der Waals surface area contributed by atoms with Crippen LogP contribution in [0.1, 0.15) is 5.56 Å². The number of hydrogen-bond acceptors (Lipinski definition) is 8. The molecule has 0 atom stereocenters. The van der Waals surface area contributed by atoms with E-state index in [2.05, 4.69) is 20.4 Å². The number of carbonyl (C=O) groups is 1. The first-order valence-corrected chi connectivity index (χ1v) is 9.40. The van der Waals surface area contributed by atoms with Gasteiger partial charge < -0.3 is 15.8 Å². The molecule has 2 aromatic rings. The zero-order valence-electron chi connectivity index (χ0n) is 13.1. The molecule has 9 heteroatoms. The number of ether oxygens (including phenoxy) is 1. The quantitative estimate of drug-likeness (QED) is 0.752. The van der Waals surface area contributed by atoms with Crippen molar-refractivity contribution >= 4 is 39.8 Å². The van der Waals surface area contributed by atoms with Gasteiger partial charge in [-0.1, -0.05) is 35.2 Å². The average molecular weight is 365 g/mol. The van der Waals surface area contributed by atoms with E-state index in [0.29, 0.717) is 9.47 Å². The zero-order valence-corrected chi connectivity index (χ0v) is 14.7. The molecule has 1 saturated heterocycles. The van der Waals surface area contributed by atoms with E-state index in [9.17, 15) is 4.79 Å². The van der Waals surface area contributed by atoms with E-state index >= 15 is 0 Å². The second kappa shape index (κ2) is 8.43. The number of hydrogen-bond donors (Lipinski definition) is 2. The Hall–Kier alpha value is -1.68. The Bertz CT molecular complexity index is 671. The topological polar surface area (TPSA) is 93.4 Å². The summed E-state index contributed by atoms with van der Waals surface area (Å²) in [4.78, 5) is 14.3. The van der Waals surface area contributed by atoms with Gasteiger partial charge >= 0.3 is 0 Å². The SMILES string of the molecule is Nc1nnc(SCC(=O)Nc2ccc(CN3CCOCC3)cc2)s1. The van der Waals surface area contributed by atoms with Crippen molar-refractivity contribution in [2.45, 2.75) is 10.9 Å². The van der Waals surface area contributed by atoms with E-state index in [1.807, 2.05) is 24.3 Å². The van der Waals surface area contributed by atoms with Gasteiger partial charge in [-0.3, -0.25) is 9.69 Å². The van der Waals surface area contributed by atoms with Crippen LogP contribution in [0, 0.1) is 0 Å². The number of thioether (sulfide) groups is 1. The average Bonchev–Trinajstić information content (AvgIpc) is 3.01. The van der Waals surface area contributed by atoms with Gasteiger partial charge in [-0.05, 0) is 17.7 Å². The molecule has 1 aromatic heterocycles. The Labute approximate surface area is 148 Å². The summed E-state index contributed by atoms with van der Waals surface area (Å²) in [5.41, 5.74) is 7.54. The third-order valence-electron chi connectivity index (χ3n) is 3.50. The first-order valence-electron chi connectivity index (χ1n) is 7.60. The Morgan fingerprint density at radius 2 is 2.04 bits per heavy atom. The number of amides is 1. The van der Waals surface area contributed by atoms with Crippen LogP contribution < -0.4 is 11.1 Å². The molecule has 3 rings (SSSR count). The molecule has 0 radical (unpaired) electrons. The number of nitrogens with two attached hydrogens (primary N) is 1.